The minimum Gasteiger partial charge on any atom is -0.393 e. The summed E-state index contributed by atoms with van der Waals surface area (Å²) in [5, 5.41) is 10.3. The number of carbonyl (C=O) groups excluding carboxylic acids is 1. The molecule has 3 saturated carbocycles. The van der Waals surface area contributed by atoms with Gasteiger partial charge in [-0.1, -0.05) is 47.1 Å². The summed E-state index contributed by atoms with van der Waals surface area (Å²) >= 11 is 0. The summed E-state index contributed by atoms with van der Waals surface area (Å²) in [6.07, 6.45) is 8.05. The lowest BCUT2D eigenvalue weighted by Gasteiger charge is -2.56. The molecule has 4 fully saturated rings. The third-order valence-electron chi connectivity index (χ3n) is 11.7. The highest BCUT2D eigenvalue weighted by Crippen LogP contribution is 2.65. The van der Waals surface area contributed by atoms with Crippen LogP contribution in [0.3, 0.4) is 0 Å². The van der Waals surface area contributed by atoms with Crippen LogP contribution in [0.4, 0.5) is 0 Å². The first-order chi connectivity index (χ1) is 16.3. The third kappa shape index (κ3) is 4.00. The van der Waals surface area contributed by atoms with E-state index in [1.165, 1.54) is 17.6 Å². The largest absolute Gasteiger partial charge is 0.393 e. The maximum Gasteiger partial charge on any atom is 0.163 e. The highest BCUT2D eigenvalue weighted by Gasteiger charge is 2.60. The Morgan fingerprint density at radius 2 is 1.63 bits per heavy atom. The summed E-state index contributed by atoms with van der Waals surface area (Å²) in [6, 6.07) is 0. The summed E-state index contributed by atoms with van der Waals surface area (Å²) in [5.74, 6) is 2.45. The van der Waals surface area contributed by atoms with Gasteiger partial charge in [0, 0.05) is 12.0 Å². The molecule has 4 nitrogen and oxygen atoms in total. The number of aliphatic hydroxyl groups excluding tert-OH is 1. The van der Waals surface area contributed by atoms with Crippen LogP contribution in [-0.4, -0.2) is 35.0 Å². The molecular formula is C31H50O4. The maximum atomic E-state index is 13.8. The molecule has 5 aliphatic rings. The zero-order valence-electron chi connectivity index (χ0n) is 23.5. The first-order valence-electron chi connectivity index (χ1n) is 14.6. The van der Waals surface area contributed by atoms with Gasteiger partial charge in [0.25, 0.3) is 0 Å². The summed E-state index contributed by atoms with van der Waals surface area (Å²) in [7, 11) is 0. The second-order valence-corrected chi connectivity index (χ2v) is 14.3. The zero-order chi connectivity index (χ0) is 25.5. The highest BCUT2D eigenvalue weighted by atomic mass is 16.8. The van der Waals surface area contributed by atoms with E-state index in [9.17, 15) is 9.90 Å². The SMILES string of the molecule is CC(C)[C@@H](C)[C@H]1OC(C)(C)O[C@@H]1[C@@H](C)[C@H]1CC(=O)C2=C3CC[C@H]4C[C@@H](O)CC[C@]4(C)[C@H]3CC[C@@]21C. The van der Waals surface area contributed by atoms with Crippen molar-refractivity contribution in [2.45, 2.75) is 131 Å². The van der Waals surface area contributed by atoms with Crippen molar-refractivity contribution < 1.29 is 19.4 Å². The summed E-state index contributed by atoms with van der Waals surface area (Å²) in [4.78, 5) is 13.8. The third-order valence-corrected chi connectivity index (χ3v) is 11.7. The fourth-order valence-corrected chi connectivity index (χ4v) is 9.34. The summed E-state index contributed by atoms with van der Waals surface area (Å²) < 4.78 is 13.1. The van der Waals surface area contributed by atoms with Crippen LogP contribution in [0.1, 0.15) is 107 Å². The molecule has 1 N–H and O–H groups in total. The predicted molar refractivity (Wildman–Crippen MR) is 139 cm³/mol. The lowest BCUT2D eigenvalue weighted by molar-refractivity contribution is -0.156. The molecule has 198 valence electrons. The number of ether oxygens (including phenoxy) is 2. The average Bonchev–Trinajstić information content (AvgIpc) is 3.25. The topological polar surface area (TPSA) is 55.8 Å². The first kappa shape index (κ1) is 25.9. The Labute approximate surface area is 213 Å². The molecular weight excluding hydrogens is 436 g/mol. The molecule has 0 aromatic carbocycles. The number of ketones is 1. The van der Waals surface area contributed by atoms with Gasteiger partial charge in [-0.25, -0.2) is 0 Å². The second-order valence-electron chi connectivity index (χ2n) is 14.3. The number of hydrogen-bond donors (Lipinski definition) is 1. The highest BCUT2D eigenvalue weighted by molar-refractivity contribution is 6.00. The molecule has 5 rings (SSSR count). The Bertz CT molecular complexity index is 888. The van der Waals surface area contributed by atoms with Gasteiger partial charge in [0.15, 0.2) is 11.6 Å². The number of aliphatic hydroxyl groups is 1. The second kappa shape index (κ2) is 8.67. The normalized spacial score (nSPS) is 46.9. The van der Waals surface area contributed by atoms with E-state index in [1.54, 1.807) is 0 Å². The monoisotopic (exact) mass is 486 g/mol. The maximum absolute atomic E-state index is 13.8. The molecule has 0 radical (unpaired) electrons. The molecule has 0 aromatic heterocycles. The molecule has 1 saturated heterocycles. The Kier molecular flexibility index (Phi) is 6.42. The minimum atomic E-state index is -0.576. The van der Waals surface area contributed by atoms with Crippen LogP contribution >= 0.6 is 0 Å². The number of rotatable bonds is 4. The molecule has 4 aliphatic carbocycles. The van der Waals surface area contributed by atoms with E-state index in [2.05, 4.69) is 41.5 Å². The molecule has 0 bridgehead atoms. The van der Waals surface area contributed by atoms with E-state index in [1.807, 2.05) is 13.8 Å². The Balaban J connectivity index is 1.46. The van der Waals surface area contributed by atoms with Crippen molar-refractivity contribution in [1.82, 2.24) is 0 Å². The minimum absolute atomic E-state index is 0.0205. The quantitative estimate of drug-likeness (QED) is 0.480. The Morgan fingerprint density at radius 3 is 2.31 bits per heavy atom. The van der Waals surface area contributed by atoms with Gasteiger partial charge in [0.05, 0.1) is 18.3 Å². The molecule has 4 heteroatoms. The van der Waals surface area contributed by atoms with Crippen molar-refractivity contribution in [2.75, 3.05) is 0 Å². The van der Waals surface area contributed by atoms with Gasteiger partial charge < -0.3 is 14.6 Å². The summed E-state index contributed by atoms with van der Waals surface area (Å²) in [6.45, 7) is 18.1. The van der Waals surface area contributed by atoms with Gasteiger partial charge in [-0.05, 0) is 105 Å². The van der Waals surface area contributed by atoms with Gasteiger partial charge in [0.2, 0.25) is 0 Å². The molecule has 0 unspecified atom stereocenters. The number of carbonyl (C=O) groups is 1. The molecule has 0 amide bonds. The van der Waals surface area contributed by atoms with E-state index in [0.717, 1.165) is 38.5 Å². The van der Waals surface area contributed by atoms with Crippen molar-refractivity contribution in [1.29, 1.82) is 0 Å². The van der Waals surface area contributed by atoms with Crippen molar-refractivity contribution in [3.8, 4) is 0 Å². The Hall–Kier alpha value is -0.710. The van der Waals surface area contributed by atoms with Crippen LogP contribution in [0.25, 0.3) is 0 Å². The van der Waals surface area contributed by atoms with Gasteiger partial charge in [-0.2, -0.15) is 0 Å². The smallest absolute Gasteiger partial charge is 0.163 e. The molecule has 0 spiro atoms. The van der Waals surface area contributed by atoms with E-state index in [4.69, 9.17) is 9.47 Å². The van der Waals surface area contributed by atoms with Crippen LogP contribution in [0.5, 0.6) is 0 Å². The summed E-state index contributed by atoms with van der Waals surface area (Å²) in [5.41, 5.74) is 2.91. The van der Waals surface area contributed by atoms with Crippen LogP contribution in [0, 0.1) is 46.3 Å². The van der Waals surface area contributed by atoms with Crippen LogP contribution in [-0.2, 0) is 14.3 Å². The van der Waals surface area contributed by atoms with Crippen LogP contribution < -0.4 is 0 Å². The molecule has 10 atom stereocenters. The number of allylic oxidation sites excluding steroid dienone is 2. The van der Waals surface area contributed by atoms with Crippen LogP contribution in [0.2, 0.25) is 0 Å². The number of hydrogen-bond acceptors (Lipinski definition) is 4. The van der Waals surface area contributed by atoms with Crippen molar-refractivity contribution in [3.63, 3.8) is 0 Å². The van der Waals surface area contributed by atoms with E-state index < -0.39 is 5.79 Å². The van der Waals surface area contributed by atoms with Crippen molar-refractivity contribution in [3.05, 3.63) is 11.1 Å². The van der Waals surface area contributed by atoms with Crippen LogP contribution in [0.15, 0.2) is 11.1 Å². The van der Waals surface area contributed by atoms with Gasteiger partial charge in [-0.15, -0.1) is 0 Å². The first-order valence-corrected chi connectivity index (χ1v) is 14.6. The lowest BCUT2D eigenvalue weighted by atomic mass is 9.48. The fraction of sp³-hybridized carbons (Fsp3) is 0.903. The van der Waals surface area contributed by atoms with E-state index in [-0.39, 0.29) is 35.1 Å². The lowest BCUT2D eigenvalue weighted by Crippen LogP contribution is -2.49. The molecule has 1 aliphatic heterocycles. The number of fused-ring (bicyclic) bond motifs is 4. The molecule has 1 heterocycles. The number of Topliss-reactive ketones (excluding diaryl/α,β-unsaturated/α-hetero) is 1. The van der Waals surface area contributed by atoms with Gasteiger partial charge >= 0.3 is 0 Å². The fourth-order valence-electron chi connectivity index (χ4n) is 9.34. The van der Waals surface area contributed by atoms with Gasteiger partial charge in [0.1, 0.15) is 0 Å². The molecule has 0 aromatic rings. The van der Waals surface area contributed by atoms with E-state index in [0.29, 0.717) is 41.8 Å². The molecule has 35 heavy (non-hydrogen) atoms. The predicted octanol–water partition coefficient (Wildman–Crippen LogP) is 6.70. The van der Waals surface area contributed by atoms with Crippen molar-refractivity contribution in [2.24, 2.45) is 46.3 Å². The van der Waals surface area contributed by atoms with Crippen molar-refractivity contribution >= 4 is 5.78 Å². The Morgan fingerprint density at radius 1 is 0.943 bits per heavy atom. The van der Waals surface area contributed by atoms with Gasteiger partial charge in [-0.3, -0.25) is 4.79 Å². The zero-order valence-corrected chi connectivity index (χ0v) is 23.5. The standard InChI is InChI=1S/C31H50O4/c1-17(2)18(3)27-28(35-29(5,6)34-27)19(4)24-16-25(33)26-22-10-9-20-15-21(32)11-13-30(20,7)23(22)12-14-31(24,26)8/h17-21,23-24,27-28,32H,9-16H2,1-8H3/t18-,19+,20+,21+,23+,24-,27-,28-,30+,31-/m1/s1. The average molecular weight is 487 g/mol. The van der Waals surface area contributed by atoms with E-state index >= 15 is 0 Å².